The van der Waals surface area contributed by atoms with Crippen molar-refractivity contribution >= 4 is 11.6 Å². The van der Waals surface area contributed by atoms with E-state index in [0.717, 1.165) is 28.1 Å². The van der Waals surface area contributed by atoms with Gasteiger partial charge in [0.05, 0.1) is 0 Å². The van der Waals surface area contributed by atoms with Crippen LogP contribution in [0.2, 0.25) is 0 Å². The van der Waals surface area contributed by atoms with E-state index >= 15 is 0 Å². The third-order valence-corrected chi connectivity index (χ3v) is 3.68. The molecule has 1 aromatic heterocycles. The van der Waals surface area contributed by atoms with Gasteiger partial charge < -0.3 is 4.74 Å². The summed E-state index contributed by atoms with van der Waals surface area (Å²) in [5.74, 6) is 1.98. The summed E-state index contributed by atoms with van der Waals surface area (Å²) in [5, 5.41) is 0. The molecule has 0 unspecified atom stereocenters. The van der Waals surface area contributed by atoms with Crippen molar-refractivity contribution in [1.82, 2.24) is 4.98 Å². The van der Waals surface area contributed by atoms with Crippen LogP contribution < -0.4 is 4.74 Å². The summed E-state index contributed by atoms with van der Waals surface area (Å²) in [6, 6.07) is 8.00. The van der Waals surface area contributed by atoms with Gasteiger partial charge in [-0.1, -0.05) is 18.2 Å². The zero-order valence-electron chi connectivity index (χ0n) is 11.7. The smallest absolute Gasteiger partial charge is 0.219 e. The van der Waals surface area contributed by atoms with Crippen molar-refractivity contribution in [3.63, 3.8) is 0 Å². The Bertz CT molecular complexity index is 608. The lowest BCUT2D eigenvalue weighted by molar-refractivity contribution is 0.454. The summed E-state index contributed by atoms with van der Waals surface area (Å²) in [6.45, 7) is 8.14. The zero-order valence-corrected chi connectivity index (χ0v) is 12.5. The van der Waals surface area contributed by atoms with Gasteiger partial charge in [-0.3, -0.25) is 0 Å². The van der Waals surface area contributed by atoms with E-state index in [9.17, 15) is 0 Å². The van der Waals surface area contributed by atoms with Crippen molar-refractivity contribution in [2.75, 3.05) is 0 Å². The first-order valence-electron chi connectivity index (χ1n) is 6.30. The summed E-state index contributed by atoms with van der Waals surface area (Å²) in [6.07, 6.45) is 0. The third kappa shape index (κ3) is 2.90. The van der Waals surface area contributed by atoms with Crippen LogP contribution in [0.3, 0.4) is 0 Å². The number of pyridine rings is 1. The number of nitrogens with zero attached hydrogens (tertiary/aromatic N) is 1. The Kier molecular flexibility index (Phi) is 4.11. The largest absolute Gasteiger partial charge is 0.438 e. The number of aryl methyl sites for hydroxylation is 3. The predicted molar refractivity (Wildman–Crippen MR) is 79.3 cm³/mol. The van der Waals surface area contributed by atoms with Crippen molar-refractivity contribution in [2.24, 2.45) is 0 Å². The molecule has 0 bridgehead atoms. The van der Waals surface area contributed by atoms with Gasteiger partial charge in [0, 0.05) is 17.6 Å². The van der Waals surface area contributed by atoms with E-state index in [-0.39, 0.29) is 0 Å². The number of hydrogen-bond donors (Lipinski definition) is 0. The lowest BCUT2D eigenvalue weighted by Crippen LogP contribution is -1.97. The normalized spacial score (nSPS) is 10.6. The van der Waals surface area contributed by atoms with Crippen molar-refractivity contribution < 1.29 is 4.74 Å². The number of alkyl halides is 1. The van der Waals surface area contributed by atoms with Gasteiger partial charge in [0.2, 0.25) is 5.88 Å². The van der Waals surface area contributed by atoms with Crippen LogP contribution >= 0.6 is 11.6 Å². The fourth-order valence-electron chi connectivity index (χ4n) is 1.95. The van der Waals surface area contributed by atoms with Crippen LogP contribution in [-0.2, 0) is 5.88 Å². The van der Waals surface area contributed by atoms with Gasteiger partial charge in [0.25, 0.3) is 0 Å². The van der Waals surface area contributed by atoms with Crippen LogP contribution in [0.15, 0.2) is 24.3 Å². The van der Waals surface area contributed by atoms with E-state index in [1.807, 2.05) is 26.0 Å². The second kappa shape index (κ2) is 5.62. The number of rotatable bonds is 3. The average molecular weight is 276 g/mol. The monoisotopic (exact) mass is 275 g/mol. The van der Waals surface area contributed by atoms with Crippen LogP contribution in [-0.4, -0.2) is 4.98 Å². The molecule has 1 heterocycles. The Morgan fingerprint density at radius 3 is 2.32 bits per heavy atom. The predicted octanol–water partition coefficient (Wildman–Crippen LogP) is 4.85. The zero-order chi connectivity index (χ0) is 14.0. The summed E-state index contributed by atoms with van der Waals surface area (Å²) in [4.78, 5) is 4.44. The Hall–Kier alpha value is -1.54. The van der Waals surface area contributed by atoms with Crippen molar-refractivity contribution in [2.45, 2.75) is 33.6 Å². The minimum atomic E-state index is 0.474. The number of ether oxygens (including phenoxy) is 1. The van der Waals surface area contributed by atoms with E-state index in [1.54, 1.807) is 0 Å². The molecule has 0 atom stereocenters. The first-order chi connectivity index (χ1) is 9.02. The van der Waals surface area contributed by atoms with E-state index < -0.39 is 0 Å². The van der Waals surface area contributed by atoms with Gasteiger partial charge in [-0.2, -0.15) is 0 Å². The first kappa shape index (κ1) is 13.9. The molecule has 19 heavy (non-hydrogen) atoms. The molecule has 0 fully saturated rings. The highest BCUT2D eigenvalue weighted by Gasteiger charge is 2.09. The molecule has 2 rings (SSSR count). The first-order valence-corrected chi connectivity index (χ1v) is 6.83. The van der Waals surface area contributed by atoms with Crippen LogP contribution in [0.1, 0.15) is 27.9 Å². The van der Waals surface area contributed by atoms with Crippen LogP contribution in [0.25, 0.3) is 0 Å². The summed E-state index contributed by atoms with van der Waals surface area (Å²) in [7, 11) is 0. The molecular weight excluding hydrogens is 258 g/mol. The third-order valence-electron chi connectivity index (χ3n) is 3.39. The molecule has 0 spiro atoms. The maximum absolute atomic E-state index is 5.95. The maximum Gasteiger partial charge on any atom is 0.219 e. The minimum absolute atomic E-state index is 0.474. The van der Waals surface area contributed by atoms with Gasteiger partial charge in [-0.25, -0.2) is 4.98 Å². The van der Waals surface area contributed by atoms with Crippen LogP contribution in [0.5, 0.6) is 11.6 Å². The highest BCUT2D eigenvalue weighted by atomic mass is 35.5. The van der Waals surface area contributed by atoms with Gasteiger partial charge in [-0.15, -0.1) is 11.6 Å². The summed E-state index contributed by atoms with van der Waals surface area (Å²) >= 11 is 5.84. The second-order valence-corrected chi connectivity index (χ2v) is 5.05. The topological polar surface area (TPSA) is 22.1 Å². The standard InChI is InChI=1S/C16H18ClNO/c1-10-5-6-11(2)16(12(10)3)19-15-8-7-14(9-17)13(4)18-15/h5-8H,9H2,1-4H3. The van der Waals surface area contributed by atoms with Crippen LogP contribution in [0, 0.1) is 27.7 Å². The van der Waals surface area contributed by atoms with Gasteiger partial charge in [0.15, 0.2) is 0 Å². The van der Waals surface area contributed by atoms with Crippen molar-refractivity contribution in [1.29, 1.82) is 0 Å². The molecule has 0 amide bonds. The molecule has 1 aromatic carbocycles. The van der Waals surface area contributed by atoms with Gasteiger partial charge >= 0.3 is 0 Å². The van der Waals surface area contributed by atoms with E-state index in [2.05, 4.69) is 31.0 Å². The molecule has 0 radical (unpaired) electrons. The molecule has 0 aliphatic carbocycles. The second-order valence-electron chi connectivity index (χ2n) is 4.78. The average Bonchev–Trinajstić information content (AvgIpc) is 2.39. The minimum Gasteiger partial charge on any atom is -0.438 e. The van der Waals surface area contributed by atoms with E-state index in [0.29, 0.717) is 11.8 Å². The lowest BCUT2D eigenvalue weighted by Gasteiger charge is -2.13. The van der Waals surface area contributed by atoms with Crippen molar-refractivity contribution in [3.05, 3.63) is 52.2 Å². The number of hydrogen-bond acceptors (Lipinski definition) is 2. The molecule has 0 saturated heterocycles. The Balaban J connectivity index is 2.36. The van der Waals surface area contributed by atoms with Crippen LogP contribution in [0.4, 0.5) is 0 Å². The fraction of sp³-hybridized carbons (Fsp3) is 0.312. The molecule has 0 aliphatic rings. The molecule has 0 aliphatic heterocycles. The SMILES string of the molecule is Cc1ccc(C)c(Oc2ccc(CCl)c(C)n2)c1C. The van der Waals surface area contributed by atoms with Crippen molar-refractivity contribution in [3.8, 4) is 11.6 Å². The Morgan fingerprint density at radius 1 is 1.00 bits per heavy atom. The number of aromatic nitrogens is 1. The summed E-state index contributed by atoms with van der Waals surface area (Å²) in [5.41, 5.74) is 5.43. The molecule has 2 aromatic rings. The molecule has 100 valence electrons. The molecular formula is C16H18ClNO. The van der Waals surface area contributed by atoms with Gasteiger partial charge in [-0.05, 0) is 49.9 Å². The molecule has 0 N–H and O–H groups in total. The molecule has 2 nitrogen and oxygen atoms in total. The molecule has 0 saturated carbocycles. The highest BCUT2D eigenvalue weighted by Crippen LogP contribution is 2.30. The Labute approximate surface area is 119 Å². The number of benzene rings is 1. The molecule has 3 heteroatoms. The van der Waals surface area contributed by atoms with E-state index in [1.165, 1.54) is 5.56 Å². The van der Waals surface area contributed by atoms with Gasteiger partial charge in [0.1, 0.15) is 5.75 Å². The fourth-order valence-corrected chi connectivity index (χ4v) is 2.23. The lowest BCUT2D eigenvalue weighted by atomic mass is 10.1. The quantitative estimate of drug-likeness (QED) is 0.747. The highest BCUT2D eigenvalue weighted by molar-refractivity contribution is 6.17. The Morgan fingerprint density at radius 2 is 1.68 bits per heavy atom. The van der Waals surface area contributed by atoms with E-state index in [4.69, 9.17) is 16.3 Å². The maximum atomic E-state index is 5.95. The number of halogens is 1. The summed E-state index contributed by atoms with van der Waals surface area (Å²) < 4.78 is 5.95.